The SMILES string of the molecule is CNc1cc(N(C)CCCN(C)C)nc(N)n1. The van der Waals surface area contributed by atoms with Crippen molar-refractivity contribution in [3.05, 3.63) is 6.07 Å². The first-order valence-electron chi connectivity index (χ1n) is 5.71. The Balaban J connectivity index is 2.61. The maximum Gasteiger partial charge on any atom is 0.223 e. The van der Waals surface area contributed by atoms with Crippen LogP contribution in [0.4, 0.5) is 17.6 Å². The van der Waals surface area contributed by atoms with Crippen LogP contribution < -0.4 is 16.0 Å². The normalized spacial score (nSPS) is 10.6. The van der Waals surface area contributed by atoms with Crippen molar-refractivity contribution in [1.82, 2.24) is 14.9 Å². The molecule has 3 N–H and O–H groups in total. The maximum absolute atomic E-state index is 5.65. The van der Waals surface area contributed by atoms with Gasteiger partial charge >= 0.3 is 0 Å². The lowest BCUT2D eigenvalue weighted by molar-refractivity contribution is 0.401. The van der Waals surface area contributed by atoms with E-state index >= 15 is 0 Å². The molecule has 0 saturated carbocycles. The van der Waals surface area contributed by atoms with Gasteiger partial charge in [0.2, 0.25) is 5.95 Å². The minimum atomic E-state index is 0.298. The summed E-state index contributed by atoms with van der Waals surface area (Å²) in [7, 11) is 7.97. The monoisotopic (exact) mass is 238 g/mol. The van der Waals surface area contributed by atoms with E-state index in [1.165, 1.54) is 0 Å². The van der Waals surface area contributed by atoms with Crippen molar-refractivity contribution in [2.24, 2.45) is 0 Å². The molecular weight excluding hydrogens is 216 g/mol. The average Bonchev–Trinajstić information content (AvgIpc) is 2.27. The molecule has 0 aromatic carbocycles. The van der Waals surface area contributed by atoms with Crippen molar-refractivity contribution < 1.29 is 0 Å². The Labute approximate surface area is 103 Å². The van der Waals surface area contributed by atoms with Gasteiger partial charge in [-0.25, -0.2) is 0 Å². The summed E-state index contributed by atoms with van der Waals surface area (Å²) in [4.78, 5) is 12.5. The predicted molar refractivity (Wildman–Crippen MR) is 72.4 cm³/mol. The molecule has 6 heteroatoms. The molecule has 0 bridgehead atoms. The second-order valence-corrected chi connectivity index (χ2v) is 4.30. The van der Waals surface area contributed by atoms with Crippen LogP contribution in [0.25, 0.3) is 0 Å². The molecule has 96 valence electrons. The summed E-state index contributed by atoms with van der Waals surface area (Å²) >= 11 is 0. The fraction of sp³-hybridized carbons (Fsp3) is 0.636. The van der Waals surface area contributed by atoms with E-state index in [0.717, 1.165) is 31.1 Å². The fourth-order valence-corrected chi connectivity index (χ4v) is 1.51. The Morgan fingerprint density at radius 1 is 1.24 bits per heavy atom. The highest BCUT2D eigenvalue weighted by Crippen LogP contribution is 2.15. The van der Waals surface area contributed by atoms with Gasteiger partial charge in [-0.3, -0.25) is 0 Å². The van der Waals surface area contributed by atoms with E-state index in [-0.39, 0.29) is 0 Å². The summed E-state index contributed by atoms with van der Waals surface area (Å²) in [6, 6.07) is 1.89. The lowest BCUT2D eigenvalue weighted by Crippen LogP contribution is -2.24. The molecule has 0 fully saturated rings. The molecule has 1 heterocycles. The first kappa shape index (κ1) is 13.5. The molecule has 1 aromatic rings. The van der Waals surface area contributed by atoms with Crippen LogP contribution in [0.2, 0.25) is 0 Å². The zero-order valence-corrected chi connectivity index (χ0v) is 11.1. The predicted octanol–water partition coefficient (Wildman–Crippen LogP) is 0.488. The number of nitrogen functional groups attached to an aromatic ring is 1. The van der Waals surface area contributed by atoms with Crippen molar-refractivity contribution in [2.75, 3.05) is 57.2 Å². The van der Waals surface area contributed by atoms with Crippen molar-refractivity contribution >= 4 is 17.6 Å². The number of nitrogens with one attached hydrogen (secondary N) is 1. The number of aromatic nitrogens is 2. The first-order valence-corrected chi connectivity index (χ1v) is 5.71. The smallest absolute Gasteiger partial charge is 0.223 e. The van der Waals surface area contributed by atoms with Gasteiger partial charge in [0.05, 0.1) is 0 Å². The van der Waals surface area contributed by atoms with E-state index in [1.807, 2.05) is 20.2 Å². The Hall–Kier alpha value is -1.56. The number of anilines is 3. The second kappa shape index (κ2) is 6.24. The summed E-state index contributed by atoms with van der Waals surface area (Å²) in [5.41, 5.74) is 5.65. The van der Waals surface area contributed by atoms with Gasteiger partial charge in [-0.1, -0.05) is 0 Å². The lowest BCUT2D eigenvalue weighted by atomic mass is 10.3. The number of nitrogens with zero attached hydrogens (tertiary/aromatic N) is 4. The molecule has 1 aromatic heterocycles. The lowest BCUT2D eigenvalue weighted by Gasteiger charge is -2.20. The highest BCUT2D eigenvalue weighted by atomic mass is 15.2. The van der Waals surface area contributed by atoms with E-state index < -0.39 is 0 Å². The van der Waals surface area contributed by atoms with Crippen LogP contribution in [0.5, 0.6) is 0 Å². The van der Waals surface area contributed by atoms with Crippen LogP contribution in [-0.4, -0.2) is 56.1 Å². The summed E-state index contributed by atoms with van der Waals surface area (Å²) in [5, 5.41) is 2.97. The van der Waals surface area contributed by atoms with Crippen molar-refractivity contribution in [3.8, 4) is 0 Å². The Morgan fingerprint density at radius 2 is 1.94 bits per heavy atom. The molecule has 0 atom stereocenters. The number of nitrogens with two attached hydrogens (primary N) is 1. The van der Waals surface area contributed by atoms with Gasteiger partial charge in [-0.15, -0.1) is 0 Å². The Kier molecular flexibility index (Phi) is 4.96. The van der Waals surface area contributed by atoms with Crippen LogP contribution in [0.1, 0.15) is 6.42 Å². The highest BCUT2D eigenvalue weighted by Gasteiger charge is 2.06. The largest absolute Gasteiger partial charge is 0.373 e. The third-order valence-corrected chi connectivity index (χ3v) is 2.48. The van der Waals surface area contributed by atoms with Gasteiger partial charge in [0.15, 0.2) is 0 Å². The molecule has 0 aliphatic carbocycles. The summed E-state index contributed by atoms with van der Waals surface area (Å²) in [6.07, 6.45) is 1.09. The van der Waals surface area contributed by atoms with E-state index in [4.69, 9.17) is 5.73 Å². The average molecular weight is 238 g/mol. The van der Waals surface area contributed by atoms with Crippen molar-refractivity contribution in [3.63, 3.8) is 0 Å². The van der Waals surface area contributed by atoms with E-state index in [2.05, 4.69) is 39.2 Å². The van der Waals surface area contributed by atoms with Crippen LogP contribution >= 0.6 is 0 Å². The molecule has 0 saturated heterocycles. The second-order valence-electron chi connectivity index (χ2n) is 4.30. The van der Waals surface area contributed by atoms with Crippen LogP contribution in [0.3, 0.4) is 0 Å². The molecular formula is C11H22N6. The summed E-state index contributed by atoms with van der Waals surface area (Å²) in [6.45, 7) is 2.00. The van der Waals surface area contributed by atoms with Gasteiger partial charge in [0.25, 0.3) is 0 Å². The number of hydrogen-bond donors (Lipinski definition) is 2. The molecule has 0 radical (unpaired) electrons. The third-order valence-electron chi connectivity index (χ3n) is 2.48. The van der Waals surface area contributed by atoms with Gasteiger partial charge in [0.1, 0.15) is 11.6 Å². The molecule has 0 amide bonds. The van der Waals surface area contributed by atoms with Crippen LogP contribution in [0, 0.1) is 0 Å². The number of rotatable bonds is 6. The number of hydrogen-bond acceptors (Lipinski definition) is 6. The van der Waals surface area contributed by atoms with Crippen molar-refractivity contribution in [2.45, 2.75) is 6.42 Å². The first-order chi connectivity index (χ1) is 8.02. The zero-order valence-electron chi connectivity index (χ0n) is 11.1. The van der Waals surface area contributed by atoms with Gasteiger partial charge in [-0.2, -0.15) is 9.97 Å². The summed E-state index contributed by atoms with van der Waals surface area (Å²) in [5.74, 6) is 1.89. The topological polar surface area (TPSA) is 70.3 Å². The molecule has 0 unspecified atom stereocenters. The molecule has 17 heavy (non-hydrogen) atoms. The minimum Gasteiger partial charge on any atom is -0.373 e. The fourth-order valence-electron chi connectivity index (χ4n) is 1.51. The quantitative estimate of drug-likeness (QED) is 0.751. The van der Waals surface area contributed by atoms with Gasteiger partial charge < -0.3 is 20.9 Å². The molecule has 1 rings (SSSR count). The van der Waals surface area contributed by atoms with Gasteiger partial charge in [-0.05, 0) is 27.1 Å². The molecule has 0 aliphatic heterocycles. The van der Waals surface area contributed by atoms with Crippen molar-refractivity contribution in [1.29, 1.82) is 0 Å². The molecule has 0 aliphatic rings. The van der Waals surface area contributed by atoms with E-state index in [9.17, 15) is 0 Å². The standard InChI is InChI=1S/C11H22N6/c1-13-9-8-10(15-11(12)14-9)17(4)7-5-6-16(2)3/h8H,5-7H2,1-4H3,(H3,12,13,14,15). The van der Waals surface area contributed by atoms with E-state index in [1.54, 1.807) is 0 Å². The summed E-state index contributed by atoms with van der Waals surface area (Å²) < 4.78 is 0. The third kappa shape index (κ3) is 4.44. The minimum absolute atomic E-state index is 0.298. The Morgan fingerprint density at radius 3 is 2.53 bits per heavy atom. The van der Waals surface area contributed by atoms with Gasteiger partial charge in [0, 0.05) is 26.7 Å². The Bertz CT molecular complexity index is 352. The zero-order chi connectivity index (χ0) is 12.8. The van der Waals surface area contributed by atoms with E-state index in [0.29, 0.717) is 5.95 Å². The molecule has 0 spiro atoms. The van der Waals surface area contributed by atoms with Crippen LogP contribution in [-0.2, 0) is 0 Å². The van der Waals surface area contributed by atoms with Crippen LogP contribution in [0.15, 0.2) is 6.07 Å². The maximum atomic E-state index is 5.65. The highest BCUT2D eigenvalue weighted by molar-refractivity contribution is 5.51. The molecule has 6 nitrogen and oxygen atoms in total.